The van der Waals surface area contributed by atoms with Crippen LogP contribution in [0.25, 0.3) is 0 Å². The first kappa shape index (κ1) is 18.5. The molecule has 0 saturated carbocycles. The Bertz CT molecular complexity index is 1060. The molecule has 0 aromatic heterocycles. The van der Waals surface area contributed by atoms with E-state index in [4.69, 9.17) is 0 Å². The Morgan fingerprint density at radius 3 is 2.50 bits per heavy atom. The van der Waals surface area contributed by atoms with Gasteiger partial charge < -0.3 is 5.32 Å². The number of hydrogen-bond donors (Lipinski definition) is 1. The zero-order chi connectivity index (χ0) is 18.9. The number of para-hydroxylation sites is 1. The molecule has 3 rings (SSSR count). The fourth-order valence-corrected chi connectivity index (χ4v) is 7.17. The predicted molar refractivity (Wildman–Crippen MR) is 95.0 cm³/mol. The van der Waals surface area contributed by atoms with Gasteiger partial charge in [0, 0.05) is 5.56 Å². The van der Waals surface area contributed by atoms with E-state index < -0.39 is 42.4 Å². The molecule has 1 aliphatic heterocycles. The van der Waals surface area contributed by atoms with Crippen molar-refractivity contribution < 1.29 is 26.0 Å². The third-order valence-corrected chi connectivity index (χ3v) is 8.35. The van der Waals surface area contributed by atoms with Gasteiger partial charge in [-0.25, -0.2) is 21.2 Å². The molecule has 26 heavy (non-hydrogen) atoms. The lowest BCUT2D eigenvalue weighted by atomic mass is 10.2. The van der Waals surface area contributed by atoms with Crippen molar-refractivity contribution in [2.45, 2.75) is 16.6 Å². The Balaban J connectivity index is 1.86. The summed E-state index contributed by atoms with van der Waals surface area (Å²) in [6.07, 6.45) is 0.0380. The average molecular weight is 397 g/mol. The number of carbonyl (C=O) groups is 1. The zero-order valence-electron chi connectivity index (χ0n) is 13.6. The summed E-state index contributed by atoms with van der Waals surface area (Å²) in [5, 5.41) is 1.37. The third kappa shape index (κ3) is 3.78. The first-order valence-electron chi connectivity index (χ1n) is 7.79. The summed E-state index contributed by atoms with van der Waals surface area (Å²) < 4.78 is 62.1. The molecule has 0 spiro atoms. The molecule has 0 radical (unpaired) electrons. The molecule has 138 valence electrons. The molecule has 1 amide bonds. The number of carbonyl (C=O) groups excluding carboxylic acids is 1. The summed E-state index contributed by atoms with van der Waals surface area (Å²) in [6.45, 7) is 0. The number of sulfone groups is 2. The van der Waals surface area contributed by atoms with Gasteiger partial charge in [-0.2, -0.15) is 0 Å². The molecule has 0 bridgehead atoms. The number of hydrogen-bond acceptors (Lipinski definition) is 5. The maximum atomic E-state index is 13.6. The normalized spacial score (nSPS) is 19.2. The van der Waals surface area contributed by atoms with Crippen LogP contribution in [-0.2, 0) is 19.7 Å². The smallest absolute Gasteiger partial charge is 0.255 e. The van der Waals surface area contributed by atoms with Crippen LogP contribution in [0, 0.1) is 5.82 Å². The summed E-state index contributed by atoms with van der Waals surface area (Å²) in [6, 6.07) is 10.9. The Kier molecular flexibility index (Phi) is 4.85. The van der Waals surface area contributed by atoms with E-state index in [-0.39, 0.29) is 28.3 Å². The van der Waals surface area contributed by atoms with Crippen LogP contribution in [0.1, 0.15) is 16.8 Å². The Morgan fingerprint density at radius 2 is 1.85 bits per heavy atom. The van der Waals surface area contributed by atoms with Gasteiger partial charge in [-0.3, -0.25) is 4.79 Å². The van der Waals surface area contributed by atoms with Crippen LogP contribution >= 0.6 is 0 Å². The second-order valence-corrected chi connectivity index (χ2v) is 10.5. The highest BCUT2D eigenvalue weighted by molar-refractivity contribution is 7.96. The molecule has 1 atom stereocenters. The minimum absolute atomic E-state index is 0.0207. The third-order valence-electron chi connectivity index (χ3n) is 4.18. The van der Waals surface area contributed by atoms with Crippen LogP contribution in [0.15, 0.2) is 53.4 Å². The van der Waals surface area contributed by atoms with Gasteiger partial charge in [-0.1, -0.05) is 18.2 Å². The predicted octanol–water partition coefficient (Wildman–Crippen LogP) is 2.04. The summed E-state index contributed by atoms with van der Waals surface area (Å²) in [5.41, 5.74) is 0.0165. The summed E-state index contributed by atoms with van der Waals surface area (Å²) in [5.74, 6) is -1.85. The van der Waals surface area contributed by atoms with E-state index in [2.05, 4.69) is 5.32 Å². The lowest BCUT2D eigenvalue weighted by Crippen LogP contribution is -2.23. The Labute approximate surface area is 150 Å². The van der Waals surface area contributed by atoms with E-state index in [9.17, 15) is 26.0 Å². The van der Waals surface area contributed by atoms with E-state index in [1.807, 2.05) is 0 Å². The summed E-state index contributed by atoms with van der Waals surface area (Å²) in [7, 11) is -7.24. The molecule has 1 heterocycles. The Morgan fingerprint density at radius 1 is 1.12 bits per heavy atom. The molecular weight excluding hydrogens is 381 g/mol. The van der Waals surface area contributed by atoms with Crippen LogP contribution < -0.4 is 5.32 Å². The number of amides is 1. The van der Waals surface area contributed by atoms with Gasteiger partial charge >= 0.3 is 0 Å². The van der Waals surface area contributed by atoms with E-state index in [0.29, 0.717) is 0 Å². The van der Waals surface area contributed by atoms with Crippen molar-refractivity contribution in [2.75, 3.05) is 16.8 Å². The molecule has 1 aliphatic rings. The number of rotatable bonds is 4. The van der Waals surface area contributed by atoms with Gasteiger partial charge in [0.2, 0.25) is 0 Å². The van der Waals surface area contributed by atoms with Crippen LogP contribution in [0.3, 0.4) is 0 Å². The van der Waals surface area contributed by atoms with Gasteiger partial charge in [0.1, 0.15) is 5.82 Å². The first-order valence-corrected chi connectivity index (χ1v) is 11.2. The quantitative estimate of drug-likeness (QED) is 0.851. The van der Waals surface area contributed by atoms with Crippen molar-refractivity contribution in [3.63, 3.8) is 0 Å². The average Bonchev–Trinajstić information content (AvgIpc) is 2.98. The molecule has 1 saturated heterocycles. The lowest BCUT2D eigenvalue weighted by molar-refractivity contribution is 0.102. The Hall–Kier alpha value is -2.26. The highest BCUT2D eigenvalue weighted by atomic mass is 32.2. The van der Waals surface area contributed by atoms with E-state index in [0.717, 1.165) is 0 Å². The van der Waals surface area contributed by atoms with E-state index in [1.54, 1.807) is 6.07 Å². The van der Waals surface area contributed by atoms with Gasteiger partial charge in [-0.15, -0.1) is 0 Å². The molecule has 1 fully saturated rings. The van der Waals surface area contributed by atoms with Gasteiger partial charge in [0.05, 0.1) is 27.3 Å². The zero-order valence-corrected chi connectivity index (χ0v) is 15.2. The minimum atomic E-state index is -3.88. The molecule has 2 aromatic rings. The second kappa shape index (κ2) is 6.81. The standard InChI is InChI=1S/C17H16FNO5S2/c18-15-6-1-2-7-16(15)19-17(20)12-4-3-5-13(10-12)26(23,24)14-8-9-25(21,22)11-14/h1-7,10,14H,8-9,11H2,(H,19,20). The topological polar surface area (TPSA) is 97.4 Å². The summed E-state index contributed by atoms with van der Waals surface area (Å²) >= 11 is 0. The van der Waals surface area contributed by atoms with Crippen LogP contribution in [0.4, 0.5) is 10.1 Å². The molecule has 1 unspecified atom stereocenters. The minimum Gasteiger partial charge on any atom is -0.319 e. The molecule has 6 nitrogen and oxygen atoms in total. The van der Waals surface area contributed by atoms with Crippen molar-refractivity contribution >= 4 is 31.3 Å². The SMILES string of the molecule is O=C(Nc1ccccc1F)c1cccc(S(=O)(=O)C2CCS(=O)(=O)C2)c1. The molecular formula is C17H16FNO5S2. The van der Waals surface area contributed by atoms with Crippen LogP contribution in [-0.4, -0.2) is 39.5 Å². The van der Waals surface area contributed by atoms with E-state index >= 15 is 0 Å². The fraction of sp³-hybridized carbons (Fsp3) is 0.235. The number of halogens is 1. The van der Waals surface area contributed by atoms with Crippen molar-refractivity contribution in [3.05, 3.63) is 59.9 Å². The van der Waals surface area contributed by atoms with Crippen molar-refractivity contribution in [1.82, 2.24) is 0 Å². The molecule has 0 aliphatic carbocycles. The van der Waals surface area contributed by atoms with E-state index in [1.165, 1.54) is 42.5 Å². The lowest BCUT2D eigenvalue weighted by Gasteiger charge is -2.12. The van der Waals surface area contributed by atoms with Crippen LogP contribution in [0.2, 0.25) is 0 Å². The second-order valence-electron chi connectivity index (χ2n) is 6.03. The monoisotopic (exact) mass is 397 g/mol. The van der Waals surface area contributed by atoms with Gasteiger partial charge in [0.15, 0.2) is 19.7 Å². The molecule has 2 aromatic carbocycles. The van der Waals surface area contributed by atoms with Crippen molar-refractivity contribution in [3.8, 4) is 0 Å². The number of benzene rings is 2. The number of nitrogens with one attached hydrogen (secondary N) is 1. The molecule has 9 heteroatoms. The highest BCUT2D eigenvalue weighted by Crippen LogP contribution is 2.26. The van der Waals surface area contributed by atoms with Gasteiger partial charge in [-0.05, 0) is 36.8 Å². The highest BCUT2D eigenvalue weighted by Gasteiger charge is 2.38. The maximum Gasteiger partial charge on any atom is 0.255 e. The summed E-state index contributed by atoms with van der Waals surface area (Å²) in [4.78, 5) is 12.2. The fourth-order valence-electron chi connectivity index (χ4n) is 2.77. The maximum absolute atomic E-state index is 13.6. The molecule has 1 N–H and O–H groups in total. The van der Waals surface area contributed by atoms with Crippen molar-refractivity contribution in [2.24, 2.45) is 0 Å². The van der Waals surface area contributed by atoms with Crippen LogP contribution in [0.5, 0.6) is 0 Å². The van der Waals surface area contributed by atoms with Crippen molar-refractivity contribution in [1.29, 1.82) is 0 Å². The van der Waals surface area contributed by atoms with Gasteiger partial charge in [0.25, 0.3) is 5.91 Å². The number of anilines is 1. The first-order chi connectivity index (χ1) is 12.2. The largest absolute Gasteiger partial charge is 0.319 e.